The Hall–Kier alpha value is -2.69. The van der Waals surface area contributed by atoms with Gasteiger partial charge in [0.15, 0.2) is 0 Å². The first-order valence-corrected chi connectivity index (χ1v) is 11.4. The third kappa shape index (κ3) is 10.6. The van der Waals surface area contributed by atoms with Gasteiger partial charge in [0.25, 0.3) is 0 Å². The molecule has 0 aromatic carbocycles. The first-order chi connectivity index (χ1) is 15.2. The number of nitrogens with two attached hydrogens (primary N) is 1. The predicted molar refractivity (Wildman–Crippen MR) is 122 cm³/mol. The van der Waals surface area contributed by atoms with Gasteiger partial charge in [0.1, 0.15) is 18.1 Å². The molecule has 190 valence electrons. The Kier molecular flexibility index (Phi) is 13.3. The fourth-order valence-corrected chi connectivity index (χ4v) is 3.08. The molecule has 0 rings (SSSR count). The maximum atomic E-state index is 12.9. The number of hydrogen-bond acceptors (Lipinski definition) is 6. The van der Waals surface area contributed by atoms with Crippen molar-refractivity contribution in [2.24, 2.45) is 23.5 Å². The van der Waals surface area contributed by atoms with E-state index in [1.807, 2.05) is 20.8 Å². The molecule has 11 nitrogen and oxygen atoms in total. The molecule has 0 aromatic heterocycles. The van der Waals surface area contributed by atoms with Crippen LogP contribution >= 0.6 is 0 Å². The molecule has 0 aliphatic heterocycles. The number of carbonyl (C=O) groups excluding carboxylic acids is 3. The van der Waals surface area contributed by atoms with Crippen LogP contribution in [0.25, 0.3) is 0 Å². The Labute approximate surface area is 195 Å². The van der Waals surface area contributed by atoms with E-state index in [1.54, 1.807) is 20.8 Å². The normalized spacial score (nSPS) is 16.6. The van der Waals surface area contributed by atoms with Gasteiger partial charge in [0.2, 0.25) is 17.7 Å². The largest absolute Gasteiger partial charge is 0.481 e. The van der Waals surface area contributed by atoms with Crippen LogP contribution in [-0.4, -0.2) is 64.0 Å². The number of aliphatic carboxylic acids is 2. The lowest BCUT2D eigenvalue weighted by molar-refractivity contribution is -0.144. The van der Waals surface area contributed by atoms with Crippen molar-refractivity contribution in [3.63, 3.8) is 0 Å². The molecule has 0 saturated carbocycles. The zero-order valence-electron chi connectivity index (χ0n) is 20.4. The quantitative estimate of drug-likeness (QED) is 0.198. The minimum absolute atomic E-state index is 0.0423. The fourth-order valence-electron chi connectivity index (χ4n) is 3.08. The summed E-state index contributed by atoms with van der Waals surface area (Å²) in [5, 5.41) is 25.9. The van der Waals surface area contributed by atoms with E-state index in [0.717, 1.165) is 0 Å². The summed E-state index contributed by atoms with van der Waals surface area (Å²) in [4.78, 5) is 61.0. The molecule has 0 aliphatic carbocycles. The lowest BCUT2D eigenvalue weighted by atomic mass is 9.97. The minimum Gasteiger partial charge on any atom is -0.481 e. The molecule has 0 saturated heterocycles. The maximum absolute atomic E-state index is 12.9. The van der Waals surface area contributed by atoms with Gasteiger partial charge < -0.3 is 31.9 Å². The van der Waals surface area contributed by atoms with Crippen LogP contribution in [0.15, 0.2) is 0 Å². The van der Waals surface area contributed by atoms with Crippen LogP contribution in [0.1, 0.15) is 67.2 Å². The van der Waals surface area contributed by atoms with Crippen molar-refractivity contribution in [2.75, 3.05) is 0 Å². The molecule has 0 radical (unpaired) electrons. The van der Waals surface area contributed by atoms with Crippen molar-refractivity contribution in [3.8, 4) is 0 Å². The Morgan fingerprint density at radius 1 is 0.758 bits per heavy atom. The summed E-state index contributed by atoms with van der Waals surface area (Å²) in [5.41, 5.74) is 5.88. The van der Waals surface area contributed by atoms with E-state index in [4.69, 9.17) is 5.73 Å². The highest BCUT2D eigenvalue weighted by atomic mass is 16.4. The van der Waals surface area contributed by atoms with Crippen LogP contribution in [-0.2, 0) is 24.0 Å². The first-order valence-electron chi connectivity index (χ1n) is 11.4. The van der Waals surface area contributed by atoms with Crippen molar-refractivity contribution in [1.82, 2.24) is 16.0 Å². The highest BCUT2D eigenvalue weighted by Gasteiger charge is 2.33. The Morgan fingerprint density at radius 3 is 1.67 bits per heavy atom. The highest BCUT2D eigenvalue weighted by molar-refractivity contribution is 5.95. The molecule has 0 spiro atoms. The van der Waals surface area contributed by atoms with Gasteiger partial charge in [-0.2, -0.15) is 0 Å². The van der Waals surface area contributed by atoms with E-state index >= 15 is 0 Å². The van der Waals surface area contributed by atoms with Gasteiger partial charge in [-0.3, -0.25) is 19.2 Å². The van der Waals surface area contributed by atoms with E-state index in [-0.39, 0.29) is 24.2 Å². The second kappa shape index (κ2) is 14.5. The summed E-state index contributed by atoms with van der Waals surface area (Å²) < 4.78 is 0. The molecule has 6 unspecified atom stereocenters. The van der Waals surface area contributed by atoms with Crippen LogP contribution in [0, 0.1) is 17.8 Å². The van der Waals surface area contributed by atoms with Gasteiger partial charge in [0, 0.05) is 0 Å². The molecule has 3 amide bonds. The van der Waals surface area contributed by atoms with Crippen molar-refractivity contribution < 1.29 is 34.2 Å². The molecule has 6 atom stereocenters. The SMILES string of the molecule is CCC(C)C(N)C(=O)NC(CC(=O)O)C(=O)NC(CC(C)C)C(=O)NC(C(=O)O)C(C)CC. The lowest BCUT2D eigenvalue weighted by Crippen LogP contribution is -2.58. The fraction of sp³-hybridized carbons (Fsp3) is 0.773. The second-order valence-electron chi connectivity index (χ2n) is 8.97. The number of nitrogens with one attached hydrogen (secondary N) is 3. The minimum atomic E-state index is -1.45. The Bertz CT molecular complexity index is 698. The second-order valence-corrected chi connectivity index (χ2v) is 8.97. The zero-order chi connectivity index (χ0) is 25.9. The predicted octanol–water partition coefficient (Wildman–Crippen LogP) is 0.466. The molecule has 33 heavy (non-hydrogen) atoms. The number of carboxylic acid groups (broad SMARTS) is 2. The van der Waals surface area contributed by atoms with Crippen LogP contribution in [0.2, 0.25) is 0 Å². The topological polar surface area (TPSA) is 188 Å². The van der Waals surface area contributed by atoms with Crippen molar-refractivity contribution >= 4 is 29.7 Å². The third-order valence-corrected chi connectivity index (χ3v) is 5.69. The van der Waals surface area contributed by atoms with E-state index in [9.17, 15) is 34.2 Å². The number of carbonyl (C=O) groups is 5. The summed E-state index contributed by atoms with van der Waals surface area (Å²) in [5.74, 6) is -5.31. The zero-order valence-corrected chi connectivity index (χ0v) is 20.4. The maximum Gasteiger partial charge on any atom is 0.326 e. The van der Waals surface area contributed by atoms with Crippen molar-refractivity contribution in [2.45, 2.75) is 91.4 Å². The van der Waals surface area contributed by atoms with E-state index in [2.05, 4.69) is 16.0 Å². The molecule has 0 fully saturated rings. The number of hydrogen-bond donors (Lipinski definition) is 6. The van der Waals surface area contributed by atoms with Gasteiger partial charge in [-0.15, -0.1) is 0 Å². The number of carboxylic acids is 2. The van der Waals surface area contributed by atoms with Gasteiger partial charge in [-0.05, 0) is 24.2 Å². The average molecular weight is 473 g/mol. The summed E-state index contributed by atoms with van der Waals surface area (Å²) in [6, 6.07) is -4.63. The van der Waals surface area contributed by atoms with E-state index < -0.39 is 60.2 Å². The number of rotatable bonds is 15. The van der Waals surface area contributed by atoms with E-state index in [0.29, 0.717) is 12.8 Å². The van der Waals surface area contributed by atoms with Crippen LogP contribution in [0.5, 0.6) is 0 Å². The molecular formula is C22H40N4O7. The summed E-state index contributed by atoms with van der Waals surface area (Å²) in [6.07, 6.45) is 0.611. The van der Waals surface area contributed by atoms with E-state index in [1.165, 1.54) is 0 Å². The lowest BCUT2D eigenvalue weighted by Gasteiger charge is -2.27. The van der Waals surface area contributed by atoms with Crippen LogP contribution < -0.4 is 21.7 Å². The van der Waals surface area contributed by atoms with Gasteiger partial charge in [-0.1, -0.05) is 54.4 Å². The average Bonchev–Trinajstić information content (AvgIpc) is 2.73. The molecule has 0 aliphatic rings. The number of amides is 3. The molecule has 7 N–H and O–H groups in total. The molecule has 11 heteroatoms. The third-order valence-electron chi connectivity index (χ3n) is 5.69. The first kappa shape index (κ1) is 30.3. The molecule has 0 heterocycles. The standard InChI is InChI=1S/C22H40N4O7/c1-7-12(5)17(23)21(31)25-15(10-16(27)28)19(29)24-14(9-11(3)4)20(30)26-18(22(32)33)13(6)8-2/h11-15,17-18H,7-10,23H2,1-6H3,(H,24,29)(H,25,31)(H,26,30)(H,27,28)(H,32,33). The molecular weight excluding hydrogens is 432 g/mol. The van der Waals surface area contributed by atoms with Crippen molar-refractivity contribution in [1.29, 1.82) is 0 Å². The van der Waals surface area contributed by atoms with Gasteiger partial charge >= 0.3 is 11.9 Å². The smallest absolute Gasteiger partial charge is 0.326 e. The monoisotopic (exact) mass is 472 g/mol. The van der Waals surface area contributed by atoms with Gasteiger partial charge in [-0.25, -0.2) is 4.79 Å². The van der Waals surface area contributed by atoms with Crippen LogP contribution in [0.4, 0.5) is 0 Å². The van der Waals surface area contributed by atoms with Gasteiger partial charge in [0.05, 0.1) is 12.5 Å². The summed E-state index contributed by atoms with van der Waals surface area (Å²) in [6.45, 7) is 10.7. The summed E-state index contributed by atoms with van der Waals surface area (Å²) >= 11 is 0. The molecule has 0 bridgehead atoms. The summed E-state index contributed by atoms with van der Waals surface area (Å²) in [7, 11) is 0. The Morgan fingerprint density at radius 2 is 1.24 bits per heavy atom. The highest BCUT2D eigenvalue weighted by Crippen LogP contribution is 2.11. The van der Waals surface area contributed by atoms with Crippen LogP contribution in [0.3, 0.4) is 0 Å². The van der Waals surface area contributed by atoms with Crippen molar-refractivity contribution in [3.05, 3.63) is 0 Å². The molecule has 0 aromatic rings. The Balaban J connectivity index is 5.61.